The standard InChI is InChI=1S/C23H22N2O2S/c26-23(17-6-4-16(5-7-17)18-10-12-28-15-18)25-19-8-9-20(25)14-21(13-19)27-22-3-1-2-11-24-22/h1-7,10-12,15,19-21H,8-9,13-14H2. The van der Waals surface area contributed by atoms with Gasteiger partial charge in [-0.25, -0.2) is 4.98 Å². The average Bonchev–Trinajstić information content (AvgIpc) is 3.35. The molecule has 2 fully saturated rings. The third kappa shape index (κ3) is 3.31. The van der Waals surface area contributed by atoms with E-state index in [0.29, 0.717) is 5.88 Å². The van der Waals surface area contributed by atoms with Gasteiger partial charge >= 0.3 is 0 Å². The van der Waals surface area contributed by atoms with Crippen LogP contribution in [0.4, 0.5) is 0 Å². The minimum Gasteiger partial charge on any atom is -0.474 e. The van der Waals surface area contributed by atoms with Crippen molar-refractivity contribution in [3.63, 3.8) is 0 Å². The number of carbonyl (C=O) groups is 1. The fraction of sp³-hybridized carbons (Fsp3) is 0.304. The largest absolute Gasteiger partial charge is 0.474 e. The van der Waals surface area contributed by atoms with Crippen molar-refractivity contribution in [2.24, 2.45) is 0 Å². The monoisotopic (exact) mass is 390 g/mol. The molecule has 2 aliphatic rings. The molecule has 3 aromatic rings. The Hall–Kier alpha value is -2.66. The van der Waals surface area contributed by atoms with E-state index >= 15 is 0 Å². The Morgan fingerprint density at radius 1 is 1.00 bits per heavy atom. The summed E-state index contributed by atoms with van der Waals surface area (Å²) in [7, 11) is 0. The summed E-state index contributed by atoms with van der Waals surface area (Å²) in [5.74, 6) is 0.830. The number of nitrogens with zero attached hydrogens (tertiary/aromatic N) is 2. The highest BCUT2D eigenvalue weighted by molar-refractivity contribution is 7.08. The molecular weight excluding hydrogens is 368 g/mol. The van der Waals surface area contributed by atoms with Crippen LogP contribution in [0, 0.1) is 0 Å². The van der Waals surface area contributed by atoms with Crippen LogP contribution in [0.3, 0.4) is 0 Å². The number of pyridine rings is 1. The van der Waals surface area contributed by atoms with E-state index in [2.05, 4.69) is 26.7 Å². The summed E-state index contributed by atoms with van der Waals surface area (Å²) in [6.45, 7) is 0. The Morgan fingerprint density at radius 2 is 1.79 bits per heavy atom. The van der Waals surface area contributed by atoms with E-state index in [9.17, 15) is 4.79 Å². The lowest BCUT2D eigenvalue weighted by molar-refractivity contribution is 0.0348. The second kappa shape index (κ2) is 7.40. The summed E-state index contributed by atoms with van der Waals surface area (Å²) in [5, 5.41) is 4.20. The van der Waals surface area contributed by atoms with Crippen LogP contribution in [-0.2, 0) is 0 Å². The molecule has 0 saturated carbocycles. The molecule has 2 bridgehead atoms. The van der Waals surface area contributed by atoms with Crippen molar-refractivity contribution in [2.75, 3.05) is 0 Å². The van der Waals surface area contributed by atoms with Crippen molar-refractivity contribution >= 4 is 17.2 Å². The van der Waals surface area contributed by atoms with Crippen LogP contribution in [0.5, 0.6) is 5.88 Å². The molecule has 4 heterocycles. The Morgan fingerprint density at radius 3 is 2.43 bits per heavy atom. The maximum Gasteiger partial charge on any atom is 0.254 e. The molecule has 0 aliphatic carbocycles. The van der Waals surface area contributed by atoms with E-state index in [-0.39, 0.29) is 24.1 Å². The van der Waals surface area contributed by atoms with Crippen molar-refractivity contribution in [1.82, 2.24) is 9.88 Å². The first-order valence-electron chi connectivity index (χ1n) is 9.81. The molecule has 4 nitrogen and oxygen atoms in total. The third-order valence-corrected chi connectivity index (χ3v) is 6.52. The van der Waals surface area contributed by atoms with Crippen LogP contribution in [0.1, 0.15) is 36.0 Å². The molecule has 0 spiro atoms. The smallest absolute Gasteiger partial charge is 0.254 e. The Kier molecular flexibility index (Phi) is 4.61. The highest BCUT2D eigenvalue weighted by Gasteiger charge is 2.44. The average molecular weight is 391 g/mol. The Labute approximate surface area is 168 Å². The van der Waals surface area contributed by atoms with Gasteiger partial charge in [0.25, 0.3) is 5.91 Å². The fourth-order valence-corrected chi connectivity index (χ4v) is 5.19. The van der Waals surface area contributed by atoms with E-state index in [1.165, 1.54) is 5.56 Å². The summed E-state index contributed by atoms with van der Waals surface area (Å²) < 4.78 is 6.08. The lowest BCUT2D eigenvalue weighted by Crippen LogP contribution is -2.49. The summed E-state index contributed by atoms with van der Waals surface area (Å²) >= 11 is 1.69. The van der Waals surface area contributed by atoms with E-state index in [1.807, 2.05) is 42.5 Å². The topological polar surface area (TPSA) is 42.4 Å². The molecule has 1 aromatic carbocycles. The normalized spacial score (nSPS) is 23.6. The van der Waals surface area contributed by atoms with Crippen molar-refractivity contribution in [1.29, 1.82) is 0 Å². The van der Waals surface area contributed by atoms with Gasteiger partial charge in [-0.2, -0.15) is 11.3 Å². The molecule has 28 heavy (non-hydrogen) atoms. The summed E-state index contributed by atoms with van der Waals surface area (Å²) in [6, 6.07) is 16.4. The van der Waals surface area contributed by atoms with Crippen molar-refractivity contribution < 1.29 is 9.53 Å². The lowest BCUT2D eigenvalue weighted by Gasteiger charge is -2.38. The molecule has 142 valence electrons. The van der Waals surface area contributed by atoms with Gasteiger partial charge in [0.1, 0.15) is 6.10 Å². The van der Waals surface area contributed by atoms with E-state index in [0.717, 1.165) is 36.8 Å². The number of carbonyl (C=O) groups excluding carboxylic acids is 1. The van der Waals surface area contributed by atoms with Gasteiger partial charge in [-0.15, -0.1) is 0 Å². The van der Waals surface area contributed by atoms with Crippen LogP contribution in [0.25, 0.3) is 11.1 Å². The summed E-state index contributed by atoms with van der Waals surface area (Å²) in [5.41, 5.74) is 3.14. The van der Waals surface area contributed by atoms with Crippen molar-refractivity contribution in [3.8, 4) is 17.0 Å². The van der Waals surface area contributed by atoms with E-state index in [1.54, 1.807) is 17.5 Å². The first kappa shape index (κ1) is 17.4. The molecule has 1 amide bonds. The number of amides is 1. The molecule has 2 aromatic heterocycles. The predicted octanol–water partition coefficient (Wildman–Crippen LogP) is 5.02. The number of rotatable bonds is 4. The number of fused-ring (bicyclic) bond motifs is 2. The van der Waals surface area contributed by atoms with Gasteiger partial charge in [-0.3, -0.25) is 4.79 Å². The number of aromatic nitrogens is 1. The number of hydrogen-bond donors (Lipinski definition) is 0. The number of ether oxygens (including phenoxy) is 1. The quantitative estimate of drug-likeness (QED) is 0.628. The first-order valence-corrected chi connectivity index (χ1v) is 10.8. The SMILES string of the molecule is O=C(c1ccc(-c2ccsc2)cc1)N1C2CCC1CC(Oc1ccccn1)C2. The lowest BCUT2D eigenvalue weighted by atomic mass is 9.98. The van der Waals surface area contributed by atoms with Crippen LogP contribution in [0.15, 0.2) is 65.5 Å². The predicted molar refractivity (Wildman–Crippen MR) is 111 cm³/mol. The number of thiophene rings is 1. The second-order valence-electron chi connectivity index (χ2n) is 7.57. The third-order valence-electron chi connectivity index (χ3n) is 5.84. The van der Waals surface area contributed by atoms with E-state index < -0.39 is 0 Å². The van der Waals surface area contributed by atoms with Crippen LogP contribution in [-0.4, -0.2) is 34.0 Å². The van der Waals surface area contributed by atoms with Gasteiger partial charge in [0.15, 0.2) is 0 Å². The van der Waals surface area contributed by atoms with Gasteiger partial charge in [0, 0.05) is 42.8 Å². The van der Waals surface area contributed by atoms with Crippen LogP contribution >= 0.6 is 11.3 Å². The molecule has 2 unspecified atom stereocenters. The molecule has 5 rings (SSSR count). The van der Waals surface area contributed by atoms with Crippen molar-refractivity contribution in [3.05, 3.63) is 71.1 Å². The molecule has 2 saturated heterocycles. The fourth-order valence-electron chi connectivity index (χ4n) is 4.53. The van der Waals surface area contributed by atoms with Crippen LogP contribution in [0.2, 0.25) is 0 Å². The van der Waals surface area contributed by atoms with Gasteiger partial charge in [0.05, 0.1) is 0 Å². The molecular formula is C23H22N2O2S. The maximum atomic E-state index is 13.2. The van der Waals surface area contributed by atoms with E-state index in [4.69, 9.17) is 4.74 Å². The minimum absolute atomic E-state index is 0.136. The van der Waals surface area contributed by atoms with Gasteiger partial charge in [0.2, 0.25) is 5.88 Å². The van der Waals surface area contributed by atoms with Crippen LogP contribution < -0.4 is 4.74 Å². The van der Waals surface area contributed by atoms with Gasteiger partial charge in [-0.1, -0.05) is 18.2 Å². The number of hydrogen-bond acceptors (Lipinski definition) is 4. The summed E-state index contributed by atoms with van der Waals surface area (Å²) in [4.78, 5) is 19.6. The van der Waals surface area contributed by atoms with Gasteiger partial charge < -0.3 is 9.64 Å². The Balaban J connectivity index is 1.29. The zero-order valence-electron chi connectivity index (χ0n) is 15.5. The highest BCUT2D eigenvalue weighted by Crippen LogP contribution is 2.38. The first-order chi connectivity index (χ1) is 13.8. The van der Waals surface area contributed by atoms with Gasteiger partial charge in [-0.05, 0) is 59.0 Å². The van der Waals surface area contributed by atoms with Crippen molar-refractivity contribution in [2.45, 2.75) is 43.9 Å². The summed E-state index contributed by atoms with van der Waals surface area (Å²) in [6.07, 6.45) is 5.77. The number of piperidine rings is 1. The minimum atomic E-state index is 0.136. The zero-order valence-corrected chi connectivity index (χ0v) is 16.3. The molecule has 2 aliphatic heterocycles. The molecule has 2 atom stereocenters. The Bertz CT molecular complexity index is 927. The molecule has 0 radical (unpaired) electrons. The highest BCUT2D eigenvalue weighted by atomic mass is 32.1. The number of benzene rings is 1. The second-order valence-corrected chi connectivity index (χ2v) is 8.35. The maximum absolute atomic E-state index is 13.2. The zero-order chi connectivity index (χ0) is 18.9. The molecule has 0 N–H and O–H groups in total. The molecule has 5 heteroatoms.